The minimum absolute atomic E-state index is 0.148. The van der Waals surface area contributed by atoms with E-state index in [1.807, 2.05) is 30.5 Å². The highest BCUT2D eigenvalue weighted by Crippen LogP contribution is 2.30. The van der Waals surface area contributed by atoms with Gasteiger partial charge in [-0.25, -0.2) is 8.42 Å². The van der Waals surface area contributed by atoms with Gasteiger partial charge in [-0.2, -0.15) is 4.31 Å². The lowest BCUT2D eigenvalue weighted by Crippen LogP contribution is -2.45. The molecule has 1 aliphatic heterocycles. The largest absolute Gasteiger partial charge is 0.325 e. The third-order valence-electron chi connectivity index (χ3n) is 4.43. The fraction of sp³-hybridized carbons (Fsp3) is 0.389. The first-order valence-electron chi connectivity index (χ1n) is 8.50. The van der Waals surface area contributed by atoms with Gasteiger partial charge in [0.15, 0.2) is 0 Å². The number of anilines is 1. The smallest absolute Gasteiger partial charge is 0.252 e. The van der Waals surface area contributed by atoms with Crippen LogP contribution in [0.4, 0.5) is 5.69 Å². The van der Waals surface area contributed by atoms with Crippen LogP contribution in [0.5, 0.6) is 0 Å². The maximum Gasteiger partial charge on any atom is 0.252 e. The predicted octanol–water partition coefficient (Wildman–Crippen LogP) is 4.04. The van der Waals surface area contributed by atoms with Crippen LogP contribution in [0.15, 0.2) is 50.9 Å². The topological polar surface area (TPSA) is 66.5 Å². The van der Waals surface area contributed by atoms with Crippen LogP contribution in [0.2, 0.25) is 0 Å². The van der Waals surface area contributed by atoms with Gasteiger partial charge in [0.1, 0.15) is 4.21 Å². The van der Waals surface area contributed by atoms with Crippen molar-refractivity contribution in [2.24, 2.45) is 0 Å². The molecule has 1 atom stereocenters. The summed E-state index contributed by atoms with van der Waals surface area (Å²) >= 11 is 2.79. The number of nitrogens with zero attached hydrogens (tertiary/aromatic N) is 1. The fourth-order valence-corrected chi connectivity index (χ4v) is 6.55. The van der Waals surface area contributed by atoms with Crippen molar-refractivity contribution in [3.05, 3.63) is 41.8 Å². The number of rotatable bonds is 6. The molecule has 0 saturated carbocycles. The van der Waals surface area contributed by atoms with Gasteiger partial charge in [-0.1, -0.05) is 24.6 Å². The number of nitrogens with one attached hydrogen (secondary N) is 1. The normalized spacial score (nSPS) is 18.6. The van der Waals surface area contributed by atoms with E-state index in [1.54, 1.807) is 29.3 Å². The van der Waals surface area contributed by atoms with E-state index in [2.05, 4.69) is 5.32 Å². The molecule has 3 rings (SSSR count). The van der Waals surface area contributed by atoms with Gasteiger partial charge >= 0.3 is 0 Å². The van der Waals surface area contributed by atoms with Crippen LogP contribution >= 0.6 is 23.1 Å². The number of piperidine rings is 1. The molecule has 1 aliphatic rings. The van der Waals surface area contributed by atoms with Crippen LogP contribution < -0.4 is 5.32 Å². The highest BCUT2D eigenvalue weighted by molar-refractivity contribution is 7.98. The van der Waals surface area contributed by atoms with Crippen LogP contribution in [-0.2, 0) is 14.8 Å². The second kappa shape index (κ2) is 8.56. The average Bonchev–Trinajstić information content (AvgIpc) is 3.18. The van der Waals surface area contributed by atoms with Crippen LogP contribution in [0, 0.1) is 0 Å². The molecule has 1 aromatic carbocycles. The Hall–Kier alpha value is -1.35. The van der Waals surface area contributed by atoms with Gasteiger partial charge in [0.2, 0.25) is 5.91 Å². The van der Waals surface area contributed by atoms with Crippen LogP contribution in [0.25, 0.3) is 0 Å². The summed E-state index contributed by atoms with van der Waals surface area (Å²) in [6.07, 6.45) is 4.62. The van der Waals surface area contributed by atoms with E-state index in [0.29, 0.717) is 17.2 Å². The average molecular weight is 411 g/mol. The molecule has 0 bridgehead atoms. The molecule has 140 valence electrons. The summed E-state index contributed by atoms with van der Waals surface area (Å²) in [6, 6.07) is 10.7. The summed E-state index contributed by atoms with van der Waals surface area (Å²) in [5.74, 6) is -0.148. The molecular weight excluding hydrogens is 388 g/mol. The second-order valence-electron chi connectivity index (χ2n) is 6.15. The number of hydrogen-bond donors (Lipinski definition) is 1. The Morgan fingerprint density at radius 1 is 1.27 bits per heavy atom. The lowest BCUT2D eigenvalue weighted by atomic mass is 10.0. The molecule has 1 fully saturated rings. The summed E-state index contributed by atoms with van der Waals surface area (Å²) in [5.41, 5.74) is 0.772. The second-order valence-corrected chi connectivity index (χ2v) is 10.1. The third kappa shape index (κ3) is 4.31. The molecule has 0 spiro atoms. The van der Waals surface area contributed by atoms with E-state index in [1.165, 1.54) is 15.6 Å². The number of hydrogen-bond acceptors (Lipinski definition) is 5. The minimum Gasteiger partial charge on any atom is -0.325 e. The Balaban J connectivity index is 1.73. The summed E-state index contributed by atoms with van der Waals surface area (Å²) in [4.78, 5) is 13.6. The Morgan fingerprint density at radius 2 is 2.08 bits per heavy atom. The first kappa shape index (κ1) is 19.4. The van der Waals surface area contributed by atoms with E-state index in [9.17, 15) is 13.2 Å². The van der Waals surface area contributed by atoms with Crippen molar-refractivity contribution in [3.63, 3.8) is 0 Å². The maximum absolute atomic E-state index is 12.9. The number of carbonyl (C=O) groups is 1. The molecule has 0 unspecified atom stereocenters. The zero-order valence-corrected chi connectivity index (χ0v) is 17.0. The maximum atomic E-state index is 12.9. The SMILES string of the molecule is CSc1ccccc1NC(=O)C[C@@H]1CCCCN1S(=O)(=O)c1cccs1. The van der Waals surface area contributed by atoms with Crippen molar-refractivity contribution in [1.82, 2.24) is 4.31 Å². The molecule has 1 saturated heterocycles. The van der Waals surface area contributed by atoms with Crippen molar-refractivity contribution in [1.29, 1.82) is 0 Å². The molecule has 26 heavy (non-hydrogen) atoms. The number of thiophene rings is 1. The molecule has 2 aromatic rings. The van der Waals surface area contributed by atoms with Gasteiger partial charge in [0, 0.05) is 23.9 Å². The standard InChI is InChI=1S/C18H22N2O3S3/c1-24-16-9-3-2-8-15(16)19-17(21)13-14-7-4-5-11-20(14)26(22,23)18-10-6-12-25-18/h2-3,6,8-10,12,14H,4-5,7,11,13H2,1H3,(H,19,21)/t14-/m0/s1. The number of amides is 1. The Morgan fingerprint density at radius 3 is 2.81 bits per heavy atom. The monoisotopic (exact) mass is 410 g/mol. The lowest BCUT2D eigenvalue weighted by molar-refractivity contribution is -0.117. The van der Waals surface area contributed by atoms with Crippen molar-refractivity contribution in [3.8, 4) is 0 Å². The number of carbonyl (C=O) groups excluding carboxylic acids is 1. The lowest BCUT2D eigenvalue weighted by Gasteiger charge is -2.34. The Kier molecular flexibility index (Phi) is 6.39. The number of benzene rings is 1. The molecule has 5 nitrogen and oxygen atoms in total. The molecule has 1 aromatic heterocycles. The molecule has 0 aliphatic carbocycles. The molecular formula is C18H22N2O3S3. The van der Waals surface area contributed by atoms with Crippen molar-refractivity contribution in [2.75, 3.05) is 18.1 Å². The summed E-state index contributed by atoms with van der Waals surface area (Å²) in [6.45, 7) is 0.472. The quantitative estimate of drug-likeness (QED) is 0.730. The minimum atomic E-state index is -3.53. The Labute approximate surface area is 162 Å². The van der Waals surface area contributed by atoms with Crippen LogP contribution in [0.3, 0.4) is 0 Å². The van der Waals surface area contributed by atoms with Gasteiger partial charge in [-0.15, -0.1) is 23.1 Å². The summed E-state index contributed by atoms with van der Waals surface area (Å²) in [5, 5.41) is 4.70. The van der Waals surface area contributed by atoms with Crippen LogP contribution in [0.1, 0.15) is 25.7 Å². The molecule has 2 heterocycles. The van der Waals surface area contributed by atoms with Crippen molar-refractivity contribution >= 4 is 44.7 Å². The van der Waals surface area contributed by atoms with Crippen LogP contribution in [-0.4, -0.2) is 37.5 Å². The first-order valence-corrected chi connectivity index (χ1v) is 12.0. The number of sulfonamides is 1. The van der Waals surface area contributed by atoms with E-state index < -0.39 is 10.0 Å². The van der Waals surface area contributed by atoms with E-state index in [4.69, 9.17) is 0 Å². The van der Waals surface area contributed by atoms with E-state index >= 15 is 0 Å². The van der Waals surface area contributed by atoms with Crippen molar-refractivity contribution in [2.45, 2.75) is 40.8 Å². The highest BCUT2D eigenvalue weighted by atomic mass is 32.2. The number of thioether (sulfide) groups is 1. The van der Waals surface area contributed by atoms with Crippen molar-refractivity contribution < 1.29 is 13.2 Å². The van der Waals surface area contributed by atoms with Gasteiger partial charge in [-0.05, 0) is 42.7 Å². The van der Waals surface area contributed by atoms with E-state index in [-0.39, 0.29) is 18.4 Å². The number of para-hydroxylation sites is 1. The third-order valence-corrected chi connectivity index (χ3v) is 8.55. The molecule has 8 heteroatoms. The van der Waals surface area contributed by atoms with Gasteiger partial charge in [-0.3, -0.25) is 4.79 Å². The summed E-state index contributed by atoms with van der Waals surface area (Å²) < 4.78 is 27.7. The van der Waals surface area contributed by atoms with E-state index in [0.717, 1.165) is 23.4 Å². The zero-order valence-electron chi connectivity index (χ0n) is 14.6. The molecule has 1 N–H and O–H groups in total. The molecule has 1 amide bonds. The first-order chi connectivity index (χ1) is 12.5. The van der Waals surface area contributed by atoms with Gasteiger partial charge in [0.05, 0.1) is 5.69 Å². The zero-order chi connectivity index (χ0) is 18.6. The predicted molar refractivity (Wildman–Crippen MR) is 107 cm³/mol. The van der Waals surface area contributed by atoms with Gasteiger partial charge in [0.25, 0.3) is 10.0 Å². The van der Waals surface area contributed by atoms with Gasteiger partial charge < -0.3 is 5.32 Å². The summed E-state index contributed by atoms with van der Waals surface area (Å²) in [7, 11) is -3.53. The Bertz CT molecular complexity index is 850. The molecule has 0 radical (unpaired) electrons. The highest BCUT2D eigenvalue weighted by Gasteiger charge is 2.35. The fourth-order valence-electron chi connectivity index (χ4n) is 3.18.